The molecule has 71 valence electrons. The van der Waals surface area contributed by atoms with E-state index in [9.17, 15) is 13.2 Å². The number of hydrogen-bond donors (Lipinski definition) is 0. The van der Waals surface area contributed by atoms with Gasteiger partial charge in [0.1, 0.15) is 0 Å². The minimum atomic E-state index is -4.16. The molecular formula is C8H8F3NS+. The number of pyridine rings is 1. The van der Waals surface area contributed by atoms with E-state index in [1.165, 1.54) is 24.2 Å². The quantitative estimate of drug-likeness (QED) is 0.532. The highest BCUT2D eigenvalue weighted by Gasteiger charge is 2.32. The van der Waals surface area contributed by atoms with Crippen molar-refractivity contribution < 1.29 is 17.7 Å². The maximum absolute atomic E-state index is 11.9. The standard InChI is InChI=1S/C8H8F3NS/c1-13-7-2-4-12(5-3-7)6-8(9,10)11/h2-5H,1,6H2/q+1. The zero-order valence-corrected chi connectivity index (χ0v) is 7.53. The van der Waals surface area contributed by atoms with Crippen molar-refractivity contribution in [1.82, 2.24) is 0 Å². The third-order valence-electron chi connectivity index (χ3n) is 1.39. The van der Waals surface area contributed by atoms with Crippen molar-refractivity contribution >= 4 is 11.8 Å². The van der Waals surface area contributed by atoms with E-state index in [0.29, 0.717) is 0 Å². The Morgan fingerprint density at radius 1 is 1.31 bits per heavy atom. The maximum atomic E-state index is 11.9. The molecule has 0 amide bonds. The van der Waals surface area contributed by atoms with Crippen LogP contribution in [0, 0.1) is 6.26 Å². The van der Waals surface area contributed by atoms with Gasteiger partial charge in [0, 0.05) is 23.3 Å². The van der Waals surface area contributed by atoms with Gasteiger partial charge in [-0.2, -0.15) is 17.7 Å². The molecule has 0 aliphatic carbocycles. The smallest absolute Gasteiger partial charge is 0.196 e. The van der Waals surface area contributed by atoms with Crippen LogP contribution in [0.4, 0.5) is 13.2 Å². The second-order valence-electron chi connectivity index (χ2n) is 2.47. The average Bonchev–Trinajstić information content (AvgIpc) is 2.03. The molecule has 0 bridgehead atoms. The van der Waals surface area contributed by atoms with Gasteiger partial charge in [0.15, 0.2) is 12.4 Å². The van der Waals surface area contributed by atoms with E-state index in [2.05, 4.69) is 6.26 Å². The van der Waals surface area contributed by atoms with Crippen LogP contribution in [0.1, 0.15) is 0 Å². The van der Waals surface area contributed by atoms with Gasteiger partial charge in [0.05, 0.1) is 0 Å². The normalized spacial score (nSPS) is 11.7. The minimum absolute atomic E-state index is 0.846. The van der Waals surface area contributed by atoms with Crippen LogP contribution in [-0.2, 0) is 6.54 Å². The van der Waals surface area contributed by atoms with Crippen molar-refractivity contribution in [3.8, 4) is 0 Å². The summed E-state index contributed by atoms with van der Waals surface area (Å²) in [7, 11) is 0. The molecule has 1 nitrogen and oxygen atoms in total. The summed E-state index contributed by atoms with van der Waals surface area (Å²) in [6.45, 7) is -0.949. The van der Waals surface area contributed by atoms with E-state index in [4.69, 9.17) is 0 Å². The Bertz CT molecular complexity index is 268. The van der Waals surface area contributed by atoms with Crippen LogP contribution in [-0.4, -0.2) is 6.18 Å². The molecule has 0 fully saturated rings. The first-order chi connectivity index (χ1) is 6.01. The van der Waals surface area contributed by atoms with Crippen molar-refractivity contribution in [2.75, 3.05) is 0 Å². The lowest BCUT2D eigenvalue weighted by atomic mass is 10.4. The fourth-order valence-corrected chi connectivity index (χ4v) is 1.17. The molecule has 13 heavy (non-hydrogen) atoms. The molecule has 0 atom stereocenters. The predicted octanol–water partition coefficient (Wildman–Crippen LogP) is 2.42. The first-order valence-electron chi connectivity index (χ1n) is 3.49. The summed E-state index contributed by atoms with van der Waals surface area (Å²) in [5.41, 5.74) is 0. The van der Waals surface area contributed by atoms with Crippen LogP contribution in [0.15, 0.2) is 29.4 Å². The van der Waals surface area contributed by atoms with Gasteiger partial charge in [0.25, 0.3) is 0 Å². The van der Waals surface area contributed by atoms with E-state index in [-0.39, 0.29) is 0 Å². The fourth-order valence-electron chi connectivity index (χ4n) is 0.852. The SMILES string of the molecule is [CH2]Sc1cc[n+](CC(F)(F)F)cc1. The Morgan fingerprint density at radius 3 is 2.23 bits per heavy atom. The first kappa shape index (κ1) is 10.4. The van der Waals surface area contributed by atoms with Crippen molar-refractivity contribution in [3.63, 3.8) is 0 Å². The Balaban J connectivity index is 2.70. The topological polar surface area (TPSA) is 3.88 Å². The van der Waals surface area contributed by atoms with Crippen LogP contribution in [0.25, 0.3) is 0 Å². The van der Waals surface area contributed by atoms with Gasteiger partial charge in [-0.1, -0.05) is 0 Å². The van der Waals surface area contributed by atoms with E-state index in [1.54, 1.807) is 12.1 Å². The van der Waals surface area contributed by atoms with Crippen LogP contribution in [0.3, 0.4) is 0 Å². The van der Waals surface area contributed by atoms with Gasteiger partial charge in [-0.05, 0) is 0 Å². The van der Waals surface area contributed by atoms with E-state index in [1.807, 2.05) is 0 Å². The largest absolute Gasteiger partial charge is 0.448 e. The first-order valence-corrected chi connectivity index (χ1v) is 4.48. The lowest BCUT2D eigenvalue weighted by Gasteiger charge is -2.01. The van der Waals surface area contributed by atoms with Crippen molar-refractivity contribution in [2.24, 2.45) is 0 Å². The predicted molar refractivity (Wildman–Crippen MR) is 43.9 cm³/mol. The summed E-state index contributed by atoms with van der Waals surface area (Å²) in [6, 6.07) is 3.20. The summed E-state index contributed by atoms with van der Waals surface area (Å²) in [6.07, 6.45) is 2.16. The lowest BCUT2D eigenvalue weighted by molar-refractivity contribution is -0.719. The Kier molecular flexibility index (Phi) is 3.19. The molecule has 1 aromatic heterocycles. The number of alkyl halides is 3. The summed E-state index contributed by atoms with van der Waals surface area (Å²) in [4.78, 5) is 0.846. The molecule has 1 aromatic rings. The van der Waals surface area contributed by atoms with E-state index in [0.717, 1.165) is 9.46 Å². The molecule has 1 heterocycles. The maximum Gasteiger partial charge on any atom is 0.448 e. The lowest BCUT2D eigenvalue weighted by Crippen LogP contribution is -2.40. The number of nitrogens with zero attached hydrogens (tertiary/aromatic N) is 1. The molecule has 0 saturated carbocycles. The van der Waals surface area contributed by atoms with Gasteiger partial charge in [-0.15, -0.1) is 11.8 Å². The second-order valence-corrected chi connectivity index (χ2v) is 3.23. The summed E-state index contributed by atoms with van der Waals surface area (Å²) in [5, 5.41) is 0. The number of aromatic nitrogens is 1. The molecule has 0 unspecified atom stereocenters. The second kappa shape index (κ2) is 4.00. The number of rotatable bonds is 2. The van der Waals surface area contributed by atoms with Crippen molar-refractivity contribution in [1.29, 1.82) is 0 Å². The van der Waals surface area contributed by atoms with Crippen molar-refractivity contribution in [2.45, 2.75) is 17.6 Å². The van der Waals surface area contributed by atoms with Gasteiger partial charge in [-0.25, -0.2) is 0 Å². The summed E-state index contributed by atoms with van der Waals surface area (Å²) in [5.74, 6) is 0. The highest BCUT2D eigenvalue weighted by Crippen LogP contribution is 2.15. The average molecular weight is 207 g/mol. The molecule has 5 heteroatoms. The molecule has 0 aliphatic rings. The summed E-state index contributed by atoms with van der Waals surface area (Å²) < 4.78 is 36.7. The molecule has 0 spiro atoms. The monoisotopic (exact) mass is 207 g/mol. The molecule has 0 aromatic carbocycles. The molecule has 1 radical (unpaired) electrons. The molecular weight excluding hydrogens is 199 g/mol. The minimum Gasteiger partial charge on any atom is -0.196 e. The van der Waals surface area contributed by atoms with Crippen LogP contribution >= 0.6 is 11.8 Å². The molecule has 0 aliphatic heterocycles. The third-order valence-corrected chi connectivity index (χ3v) is 1.99. The van der Waals surface area contributed by atoms with Crippen molar-refractivity contribution in [3.05, 3.63) is 30.8 Å². The summed E-state index contributed by atoms with van der Waals surface area (Å²) >= 11 is 1.25. The number of hydrogen-bond acceptors (Lipinski definition) is 1. The number of halogens is 3. The van der Waals surface area contributed by atoms with Crippen LogP contribution in [0.5, 0.6) is 0 Å². The molecule has 0 saturated heterocycles. The van der Waals surface area contributed by atoms with E-state index < -0.39 is 12.7 Å². The zero-order chi connectivity index (χ0) is 9.90. The fraction of sp³-hybridized carbons (Fsp3) is 0.250. The Morgan fingerprint density at radius 2 is 1.85 bits per heavy atom. The van der Waals surface area contributed by atoms with Gasteiger partial charge >= 0.3 is 6.18 Å². The Hall–Kier alpha value is -0.710. The highest BCUT2D eigenvalue weighted by molar-refractivity contribution is 8.00. The van der Waals surface area contributed by atoms with E-state index >= 15 is 0 Å². The number of thioether (sulfide) groups is 1. The van der Waals surface area contributed by atoms with Gasteiger partial charge in [0.2, 0.25) is 6.54 Å². The molecule has 1 rings (SSSR count). The van der Waals surface area contributed by atoms with Crippen LogP contribution < -0.4 is 4.57 Å². The molecule has 0 N–H and O–H groups in total. The van der Waals surface area contributed by atoms with Gasteiger partial charge in [-0.3, -0.25) is 0 Å². The Labute approximate surface area is 78.6 Å². The van der Waals surface area contributed by atoms with Gasteiger partial charge < -0.3 is 0 Å². The van der Waals surface area contributed by atoms with Crippen LogP contribution in [0.2, 0.25) is 0 Å². The third kappa shape index (κ3) is 3.67. The zero-order valence-electron chi connectivity index (χ0n) is 6.71. The highest BCUT2D eigenvalue weighted by atomic mass is 32.2.